The number of hydrogen-bond acceptors (Lipinski definition) is 6. The first kappa shape index (κ1) is 27.6. The molecule has 8 nitrogen and oxygen atoms in total. The van der Waals surface area contributed by atoms with Crippen molar-refractivity contribution in [1.82, 2.24) is 5.32 Å². The summed E-state index contributed by atoms with van der Waals surface area (Å²) in [6.45, 7) is 6.99. The van der Waals surface area contributed by atoms with Crippen molar-refractivity contribution >= 4 is 53.5 Å². The molecule has 0 aliphatic carbocycles. The number of nitrogens with zero attached hydrogens (tertiary/aromatic N) is 1. The molecule has 1 unspecified atom stereocenters. The first-order chi connectivity index (χ1) is 14.5. The molecule has 0 radical (unpaired) electrons. The average molecular weight is 506 g/mol. The number of esters is 2. The van der Waals surface area contributed by atoms with E-state index in [1.165, 1.54) is 0 Å². The van der Waals surface area contributed by atoms with Gasteiger partial charge >= 0.3 is 11.9 Å². The maximum Gasteiger partial charge on any atom is 0.337 e. The fraction of sp³-hybridized carbons (Fsp3) is 0.381. The molecule has 1 heterocycles. The minimum atomic E-state index is -0.839. The average Bonchev–Trinajstić information content (AvgIpc) is 2.65. The normalized spacial score (nSPS) is 15.7. The number of aliphatic imine (C=N–C) groups is 1. The van der Waals surface area contributed by atoms with E-state index in [0.717, 1.165) is 0 Å². The van der Waals surface area contributed by atoms with Crippen LogP contribution in [0.4, 0.5) is 0 Å². The molecule has 176 valence electrons. The molecule has 2 rings (SSSR count). The van der Waals surface area contributed by atoms with E-state index in [1.807, 2.05) is 0 Å². The Bertz CT molecular complexity index is 970. The van der Waals surface area contributed by atoms with Crippen molar-refractivity contribution in [3.05, 3.63) is 56.3 Å². The highest BCUT2D eigenvalue weighted by atomic mass is 35.5. The lowest BCUT2D eigenvalue weighted by Crippen LogP contribution is -2.33. The zero-order valence-corrected chi connectivity index (χ0v) is 20.5. The summed E-state index contributed by atoms with van der Waals surface area (Å²) in [5, 5.41) is 3.60. The number of benzene rings is 1. The number of ether oxygens (including phenoxy) is 2. The monoisotopic (exact) mass is 504 g/mol. The molecule has 1 aromatic carbocycles. The van der Waals surface area contributed by atoms with Gasteiger partial charge in [0.1, 0.15) is 6.61 Å². The molecule has 0 saturated carbocycles. The van der Waals surface area contributed by atoms with E-state index in [1.54, 1.807) is 45.9 Å². The molecule has 1 atom stereocenters. The smallest absolute Gasteiger partial charge is 0.337 e. The molecule has 0 saturated heterocycles. The van der Waals surface area contributed by atoms with Gasteiger partial charge in [0.05, 0.1) is 39.8 Å². The highest BCUT2D eigenvalue weighted by molar-refractivity contribution is 6.42. The summed E-state index contributed by atoms with van der Waals surface area (Å²) in [6, 6.07) is 5.03. The lowest BCUT2D eigenvalue weighted by molar-refractivity contribution is -0.143. The third-order valence-electron chi connectivity index (χ3n) is 4.45. The standard InChI is InChI=1S/C21H26Cl2N4O4.ClH/c1-10(2)31-20(29)16-12(4)27-11(3)15(19(28)30-9-8-26-21(24)25)17(16)13-6-5-7-14(22)18(13)23;/h5-7,10,17,27H,8-9H2,1-4H3,(H4,24,25,26);1H. The molecule has 1 aliphatic rings. The van der Waals surface area contributed by atoms with E-state index in [4.69, 9.17) is 44.1 Å². The maximum atomic E-state index is 13.0. The van der Waals surface area contributed by atoms with Crippen LogP contribution in [0.5, 0.6) is 0 Å². The van der Waals surface area contributed by atoms with Crippen LogP contribution in [-0.2, 0) is 19.1 Å². The third-order valence-corrected chi connectivity index (χ3v) is 5.29. The van der Waals surface area contributed by atoms with Gasteiger partial charge in [0, 0.05) is 11.4 Å². The van der Waals surface area contributed by atoms with Crippen molar-refractivity contribution in [2.75, 3.05) is 13.2 Å². The zero-order valence-electron chi connectivity index (χ0n) is 18.2. The number of halogens is 3. The van der Waals surface area contributed by atoms with Crippen LogP contribution in [-0.4, -0.2) is 37.2 Å². The van der Waals surface area contributed by atoms with E-state index < -0.39 is 17.9 Å². The highest BCUT2D eigenvalue weighted by Gasteiger charge is 2.39. The van der Waals surface area contributed by atoms with Crippen LogP contribution in [0.2, 0.25) is 10.0 Å². The third kappa shape index (κ3) is 6.54. The quantitative estimate of drug-likeness (QED) is 0.224. The molecule has 1 aromatic rings. The van der Waals surface area contributed by atoms with E-state index in [0.29, 0.717) is 22.0 Å². The van der Waals surface area contributed by atoms with E-state index in [9.17, 15) is 9.59 Å². The van der Waals surface area contributed by atoms with Crippen molar-refractivity contribution < 1.29 is 19.1 Å². The molecule has 0 bridgehead atoms. The number of allylic oxidation sites excluding steroid dienone is 2. The maximum absolute atomic E-state index is 13.0. The van der Waals surface area contributed by atoms with E-state index in [-0.39, 0.29) is 53.8 Å². The number of guanidine groups is 1. The van der Waals surface area contributed by atoms with Crippen LogP contribution < -0.4 is 16.8 Å². The minimum absolute atomic E-state index is 0. The minimum Gasteiger partial charge on any atom is -0.460 e. The van der Waals surface area contributed by atoms with Crippen molar-refractivity contribution in [2.24, 2.45) is 16.5 Å². The Hall–Kier alpha value is -2.42. The number of dihydropyridines is 1. The van der Waals surface area contributed by atoms with Crippen LogP contribution >= 0.6 is 35.6 Å². The largest absolute Gasteiger partial charge is 0.460 e. The molecule has 11 heteroatoms. The lowest BCUT2D eigenvalue weighted by Gasteiger charge is -2.31. The Morgan fingerprint density at radius 2 is 1.72 bits per heavy atom. The Balaban J connectivity index is 0.00000512. The van der Waals surface area contributed by atoms with Crippen LogP contribution in [0.1, 0.15) is 39.2 Å². The van der Waals surface area contributed by atoms with Crippen molar-refractivity contribution in [2.45, 2.75) is 39.7 Å². The SMILES string of the molecule is CC1=C(C(=O)OCCN=C(N)N)C(c2cccc(Cl)c2Cl)C(C(=O)OC(C)C)=C(C)N1.Cl. The number of hydrogen-bond donors (Lipinski definition) is 3. The molecule has 0 fully saturated rings. The highest BCUT2D eigenvalue weighted by Crippen LogP contribution is 2.43. The molecule has 0 spiro atoms. The van der Waals surface area contributed by atoms with Gasteiger partial charge in [-0.25, -0.2) is 9.59 Å². The van der Waals surface area contributed by atoms with Gasteiger partial charge in [-0.1, -0.05) is 35.3 Å². The second-order valence-corrected chi connectivity index (χ2v) is 7.96. The summed E-state index contributed by atoms with van der Waals surface area (Å²) in [6.07, 6.45) is -0.356. The molecular formula is C21H27Cl3N4O4. The number of nitrogens with one attached hydrogen (secondary N) is 1. The van der Waals surface area contributed by atoms with Crippen molar-refractivity contribution in [3.63, 3.8) is 0 Å². The number of carbonyl (C=O) groups is 2. The van der Waals surface area contributed by atoms with Crippen LogP contribution in [0.25, 0.3) is 0 Å². The Morgan fingerprint density at radius 3 is 2.28 bits per heavy atom. The number of rotatable bonds is 7. The van der Waals surface area contributed by atoms with Gasteiger partial charge in [0.15, 0.2) is 5.96 Å². The van der Waals surface area contributed by atoms with Gasteiger partial charge in [-0.2, -0.15) is 0 Å². The first-order valence-corrected chi connectivity index (χ1v) is 10.4. The summed E-state index contributed by atoms with van der Waals surface area (Å²) >= 11 is 12.7. The van der Waals surface area contributed by atoms with E-state index >= 15 is 0 Å². The summed E-state index contributed by atoms with van der Waals surface area (Å²) in [4.78, 5) is 29.8. The number of carbonyl (C=O) groups excluding carboxylic acids is 2. The predicted octanol–water partition coefficient (Wildman–Crippen LogP) is 3.42. The van der Waals surface area contributed by atoms with Crippen molar-refractivity contribution in [1.29, 1.82) is 0 Å². The lowest BCUT2D eigenvalue weighted by atomic mass is 9.80. The van der Waals surface area contributed by atoms with Gasteiger partial charge < -0.3 is 26.3 Å². The second-order valence-electron chi connectivity index (χ2n) is 7.17. The van der Waals surface area contributed by atoms with Crippen molar-refractivity contribution in [3.8, 4) is 0 Å². The van der Waals surface area contributed by atoms with Crippen LogP contribution in [0, 0.1) is 0 Å². The fourth-order valence-corrected chi connectivity index (χ4v) is 3.67. The second kappa shape index (κ2) is 12.0. The Morgan fingerprint density at radius 1 is 1.12 bits per heavy atom. The summed E-state index contributed by atoms with van der Waals surface area (Å²) < 4.78 is 10.8. The van der Waals surface area contributed by atoms with Gasteiger partial charge in [-0.05, 0) is 39.3 Å². The molecule has 0 amide bonds. The number of nitrogens with two attached hydrogens (primary N) is 2. The van der Waals surface area contributed by atoms with Crippen LogP contribution in [0.3, 0.4) is 0 Å². The summed E-state index contributed by atoms with van der Waals surface area (Å²) in [5.74, 6) is -2.15. The Labute approximate surface area is 203 Å². The fourth-order valence-electron chi connectivity index (χ4n) is 3.26. The Kier molecular flexibility index (Phi) is 10.3. The summed E-state index contributed by atoms with van der Waals surface area (Å²) in [7, 11) is 0. The first-order valence-electron chi connectivity index (χ1n) is 9.60. The molecule has 32 heavy (non-hydrogen) atoms. The topological polar surface area (TPSA) is 129 Å². The van der Waals surface area contributed by atoms with E-state index in [2.05, 4.69) is 10.3 Å². The molecule has 5 N–H and O–H groups in total. The molecule has 1 aliphatic heterocycles. The van der Waals surface area contributed by atoms with Gasteiger partial charge in [-0.3, -0.25) is 4.99 Å². The van der Waals surface area contributed by atoms with Gasteiger partial charge in [0.2, 0.25) is 0 Å². The molecule has 0 aromatic heterocycles. The molecular weight excluding hydrogens is 479 g/mol. The summed E-state index contributed by atoms with van der Waals surface area (Å²) in [5.41, 5.74) is 12.6. The van der Waals surface area contributed by atoms with Crippen LogP contribution in [0.15, 0.2) is 45.7 Å². The van der Waals surface area contributed by atoms with Gasteiger partial charge in [-0.15, -0.1) is 12.4 Å². The predicted molar refractivity (Wildman–Crippen MR) is 128 cm³/mol. The zero-order chi connectivity index (χ0) is 23.3. The van der Waals surface area contributed by atoms with Gasteiger partial charge in [0.25, 0.3) is 0 Å².